The van der Waals surface area contributed by atoms with Crippen LogP contribution in [0.15, 0.2) is 18.2 Å². The summed E-state index contributed by atoms with van der Waals surface area (Å²) in [5.74, 6) is 0. The van der Waals surface area contributed by atoms with Crippen molar-refractivity contribution in [3.05, 3.63) is 23.2 Å². The molecule has 0 aliphatic carbocycles. The van der Waals surface area contributed by atoms with E-state index in [-0.39, 0.29) is 0 Å². The lowest BCUT2D eigenvalue weighted by Gasteiger charge is -2.32. The Bertz CT molecular complexity index is 570. The lowest BCUT2D eigenvalue weighted by molar-refractivity contribution is 0.219. The number of anilines is 1. The zero-order valence-corrected chi connectivity index (χ0v) is 13.2. The van der Waals surface area contributed by atoms with E-state index >= 15 is 0 Å². The highest BCUT2D eigenvalue weighted by Gasteiger charge is 2.18. The molecule has 3 rings (SSSR count). The summed E-state index contributed by atoms with van der Waals surface area (Å²) < 4.78 is 1.29. The lowest BCUT2D eigenvalue weighted by Crippen LogP contribution is -2.39. The summed E-state index contributed by atoms with van der Waals surface area (Å²) in [5, 5.41) is 4.84. The maximum absolute atomic E-state index is 4.52. The van der Waals surface area contributed by atoms with E-state index in [1.807, 2.05) is 0 Å². The van der Waals surface area contributed by atoms with Gasteiger partial charge in [0.1, 0.15) is 0 Å². The number of benzene rings is 1. The van der Waals surface area contributed by atoms with E-state index in [1.165, 1.54) is 49.3 Å². The largest absolute Gasteiger partial charge is 0.382 e. The number of fused-ring (bicyclic) bond motifs is 1. The van der Waals surface area contributed by atoms with Crippen LogP contribution < -0.4 is 5.32 Å². The Labute approximate surface area is 125 Å². The van der Waals surface area contributed by atoms with E-state index in [0.717, 1.165) is 10.5 Å². The normalized spacial score (nSPS) is 17.7. The molecule has 1 aliphatic heterocycles. The summed E-state index contributed by atoms with van der Waals surface area (Å²) in [6, 6.07) is 7.17. The summed E-state index contributed by atoms with van der Waals surface area (Å²) in [7, 11) is 0. The summed E-state index contributed by atoms with van der Waals surface area (Å²) in [5.41, 5.74) is 2.37. The van der Waals surface area contributed by atoms with Crippen molar-refractivity contribution in [2.75, 3.05) is 25.0 Å². The SMILES string of the molecule is CCCN1CCC(Nc2ccc3nc(C)sc3c2)CC1. The number of rotatable bonds is 4. The van der Waals surface area contributed by atoms with Crippen molar-refractivity contribution in [3.63, 3.8) is 0 Å². The Hall–Kier alpha value is -1.13. The highest BCUT2D eigenvalue weighted by Crippen LogP contribution is 2.26. The van der Waals surface area contributed by atoms with Crippen LogP contribution in [0.5, 0.6) is 0 Å². The molecule has 0 bridgehead atoms. The van der Waals surface area contributed by atoms with Gasteiger partial charge in [-0.05, 0) is 50.9 Å². The van der Waals surface area contributed by atoms with Gasteiger partial charge < -0.3 is 10.2 Å². The minimum Gasteiger partial charge on any atom is -0.382 e. The topological polar surface area (TPSA) is 28.2 Å². The molecule has 1 fully saturated rings. The Kier molecular flexibility index (Phi) is 4.22. The highest BCUT2D eigenvalue weighted by atomic mass is 32.1. The number of nitrogens with zero attached hydrogens (tertiary/aromatic N) is 2. The molecule has 0 unspecified atom stereocenters. The van der Waals surface area contributed by atoms with Gasteiger partial charge in [0.25, 0.3) is 0 Å². The van der Waals surface area contributed by atoms with E-state index in [4.69, 9.17) is 0 Å². The number of piperidine rings is 1. The molecule has 1 N–H and O–H groups in total. The van der Waals surface area contributed by atoms with Crippen LogP contribution in [0.4, 0.5) is 5.69 Å². The maximum Gasteiger partial charge on any atom is 0.0907 e. The summed E-state index contributed by atoms with van der Waals surface area (Å²) in [6.07, 6.45) is 3.76. The second kappa shape index (κ2) is 6.10. The van der Waals surface area contributed by atoms with Crippen LogP contribution in [0.3, 0.4) is 0 Å². The minimum atomic E-state index is 0.620. The average Bonchev–Trinajstić information content (AvgIpc) is 2.81. The minimum absolute atomic E-state index is 0.620. The molecule has 0 radical (unpaired) electrons. The zero-order valence-electron chi connectivity index (χ0n) is 12.4. The fourth-order valence-electron chi connectivity index (χ4n) is 2.98. The number of hydrogen-bond acceptors (Lipinski definition) is 4. The molecule has 0 spiro atoms. The van der Waals surface area contributed by atoms with Gasteiger partial charge in [-0.25, -0.2) is 4.98 Å². The second-order valence-corrected chi connectivity index (χ2v) is 6.91. The number of aryl methyl sites for hydroxylation is 1. The molecule has 1 aliphatic rings. The first-order valence-corrected chi connectivity index (χ1v) is 8.42. The van der Waals surface area contributed by atoms with Crippen LogP contribution in [0.25, 0.3) is 10.2 Å². The standard InChI is InChI=1S/C16H23N3S/c1-3-8-19-9-6-13(7-10-19)18-14-4-5-15-16(11-14)20-12(2)17-15/h4-5,11,13,18H,3,6-10H2,1-2H3. The predicted molar refractivity (Wildman–Crippen MR) is 87.7 cm³/mol. The molecule has 1 aromatic carbocycles. The number of thiazole rings is 1. The van der Waals surface area contributed by atoms with Crippen molar-refractivity contribution in [2.45, 2.75) is 39.2 Å². The van der Waals surface area contributed by atoms with Crippen LogP contribution >= 0.6 is 11.3 Å². The molecule has 1 saturated heterocycles. The van der Waals surface area contributed by atoms with Gasteiger partial charge in [0.2, 0.25) is 0 Å². The second-order valence-electron chi connectivity index (χ2n) is 5.68. The molecule has 0 amide bonds. The van der Waals surface area contributed by atoms with E-state index in [0.29, 0.717) is 6.04 Å². The third-order valence-corrected chi connectivity index (χ3v) is 4.93. The molecule has 0 saturated carbocycles. The first-order chi connectivity index (χ1) is 9.74. The molecule has 20 heavy (non-hydrogen) atoms. The molecule has 1 aromatic heterocycles. The van der Waals surface area contributed by atoms with Crippen LogP contribution in [0.1, 0.15) is 31.2 Å². The Morgan fingerprint density at radius 1 is 1.35 bits per heavy atom. The van der Waals surface area contributed by atoms with Crippen molar-refractivity contribution >= 4 is 27.2 Å². The number of likely N-dealkylation sites (tertiary alicyclic amines) is 1. The van der Waals surface area contributed by atoms with E-state index < -0.39 is 0 Å². The Balaban J connectivity index is 1.62. The molecule has 3 nitrogen and oxygen atoms in total. The fraction of sp³-hybridized carbons (Fsp3) is 0.562. The molecule has 0 atom stereocenters. The van der Waals surface area contributed by atoms with Gasteiger partial charge in [-0.1, -0.05) is 6.92 Å². The van der Waals surface area contributed by atoms with Crippen molar-refractivity contribution in [1.82, 2.24) is 9.88 Å². The third kappa shape index (κ3) is 3.13. The van der Waals surface area contributed by atoms with Gasteiger partial charge in [-0.3, -0.25) is 0 Å². The van der Waals surface area contributed by atoms with Crippen molar-refractivity contribution < 1.29 is 0 Å². The van der Waals surface area contributed by atoms with E-state index in [2.05, 4.69) is 47.2 Å². The quantitative estimate of drug-likeness (QED) is 0.925. The van der Waals surface area contributed by atoms with Crippen molar-refractivity contribution in [1.29, 1.82) is 0 Å². The van der Waals surface area contributed by atoms with Gasteiger partial charge in [0.05, 0.1) is 15.2 Å². The first-order valence-electron chi connectivity index (χ1n) is 7.60. The van der Waals surface area contributed by atoms with Crippen LogP contribution in [-0.2, 0) is 0 Å². The third-order valence-electron chi connectivity index (χ3n) is 3.99. The Morgan fingerprint density at radius 2 is 2.15 bits per heavy atom. The molecule has 108 valence electrons. The number of aromatic nitrogens is 1. The average molecular weight is 289 g/mol. The lowest BCUT2D eigenvalue weighted by atomic mass is 10.0. The first kappa shape index (κ1) is 13.8. The number of hydrogen-bond donors (Lipinski definition) is 1. The van der Waals surface area contributed by atoms with Gasteiger partial charge in [-0.15, -0.1) is 11.3 Å². The fourth-order valence-corrected chi connectivity index (χ4v) is 3.85. The maximum atomic E-state index is 4.52. The van der Waals surface area contributed by atoms with Crippen molar-refractivity contribution in [3.8, 4) is 0 Å². The summed E-state index contributed by atoms with van der Waals surface area (Å²) in [6.45, 7) is 8.04. The van der Waals surface area contributed by atoms with E-state index in [9.17, 15) is 0 Å². The zero-order chi connectivity index (χ0) is 13.9. The van der Waals surface area contributed by atoms with Gasteiger partial charge in [0, 0.05) is 24.8 Å². The summed E-state index contributed by atoms with van der Waals surface area (Å²) >= 11 is 1.78. The van der Waals surface area contributed by atoms with Gasteiger partial charge >= 0.3 is 0 Å². The van der Waals surface area contributed by atoms with Gasteiger partial charge in [0.15, 0.2) is 0 Å². The number of nitrogens with one attached hydrogen (secondary N) is 1. The smallest absolute Gasteiger partial charge is 0.0907 e. The molecule has 2 heterocycles. The van der Waals surface area contributed by atoms with Crippen molar-refractivity contribution in [2.24, 2.45) is 0 Å². The highest BCUT2D eigenvalue weighted by molar-refractivity contribution is 7.18. The predicted octanol–water partition coefficient (Wildman–Crippen LogP) is 3.89. The summed E-state index contributed by atoms with van der Waals surface area (Å²) in [4.78, 5) is 7.09. The molecular formula is C16H23N3S. The molecule has 2 aromatic rings. The van der Waals surface area contributed by atoms with Crippen LogP contribution in [0, 0.1) is 6.92 Å². The van der Waals surface area contributed by atoms with E-state index in [1.54, 1.807) is 11.3 Å². The monoisotopic (exact) mass is 289 g/mol. The molecule has 4 heteroatoms. The van der Waals surface area contributed by atoms with Gasteiger partial charge in [-0.2, -0.15) is 0 Å². The Morgan fingerprint density at radius 3 is 2.90 bits per heavy atom. The molecular weight excluding hydrogens is 266 g/mol. The van der Waals surface area contributed by atoms with Crippen LogP contribution in [0.2, 0.25) is 0 Å². The van der Waals surface area contributed by atoms with Crippen LogP contribution in [-0.4, -0.2) is 35.6 Å².